The lowest BCUT2D eigenvalue weighted by Crippen LogP contribution is -2.45. The van der Waals surface area contributed by atoms with E-state index in [2.05, 4.69) is 0 Å². The second-order valence-electron chi connectivity index (χ2n) is 5.98. The van der Waals surface area contributed by atoms with Gasteiger partial charge in [-0.2, -0.15) is 0 Å². The lowest BCUT2D eigenvalue weighted by Gasteiger charge is -2.27. The number of halogens is 3. The minimum absolute atomic E-state index is 0.0134. The SMILES string of the molecule is CCOC(=O)C(Cc1cccc(Cl)c1)N(C)C(=O)Cc1c(Cl)cccc1Cl. The molecule has 0 aromatic heterocycles. The molecular weight excluding hydrogens is 409 g/mol. The summed E-state index contributed by atoms with van der Waals surface area (Å²) in [7, 11) is 1.57. The number of nitrogens with zero attached hydrogens (tertiary/aromatic N) is 1. The Morgan fingerprint density at radius 1 is 1.07 bits per heavy atom. The molecule has 0 saturated heterocycles. The van der Waals surface area contributed by atoms with Crippen LogP contribution >= 0.6 is 34.8 Å². The van der Waals surface area contributed by atoms with Gasteiger partial charge in [0.15, 0.2) is 0 Å². The van der Waals surface area contributed by atoms with Gasteiger partial charge in [-0.3, -0.25) is 4.79 Å². The first-order valence-corrected chi connectivity index (χ1v) is 9.56. The fourth-order valence-corrected chi connectivity index (χ4v) is 3.40. The van der Waals surface area contributed by atoms with Crippen molar-refractivity contribution in [2.45, 2.75) is 25.8 Å². The Morgan fingerprint density at radius 3 is 2.30 bits per heavy atom. The van der Waals surface area contributed by atoms with Gasteiger partial charge in [-0.05, 0) is 42.3 Å². The number of esters is 1. The van der Waals surface area contributed by atoms with Crippen LogP contribution in [0.1, 0.15) is 18.1 Å². The predicted octanol–water partition coefficient (Wildman–Crippen LogP) is 4.82. The van der Waals surface area contributed by atoms with Gasteiger partial charge < -0.3 is 9.64 Å². The van der Waals surface area contributed by atoms with Gasteiger partial charge in [0.1, 0.15) is 6.04 Å². The van der Waals surface area contributed by atoms with Gasteiger partial charge in [-0.15, -0.1) is 0 Å². The number of rotatable bonds is 7. The van der Waals surface area contributed by atoms with E-state index >= 15 is 0 Å². The molecule has 1 amide bonds. The summed E-state index contributed by atoms with van der Waals surface area (Å²) in [4.78, 5) is 26.6. The lowest BCUT2D eigenvalue weighted by molar-refractivity contribution is -0.153. The van der Waals surface area contributed by atoms with Crippen LogP contribution in [0.2, 0.25) is 15.1 Å². The highest BCUT2D eigenvalue weighted by atomic mass is 35.5. The molecule has 0 bridgehead atoms. The maximum Gasteiger partial charge on any atom is 0.329 e. The molecule has 2 aromatic carbocycles. The largest absolute Gasteiger partial charge is 0.464 e. The summed E-state index contributed by atoms with van der Waals surface area (Å²) in [5.41, 5.74) is 1.36. The van der Waals surface area contributed by atoms with Crippen LogP contribution in [0, 0.1) is 0 Å². The van der Waals surface area contributed by atoms with Crippen LogP contribution < -0.4 is 0 Å². The van der Waals surface area contributed by atoms with Gasteiger partial charge in [-0.1, -0.05) is 53.0 Å². The zero-order chi connectivity index (χ0) is 20.0. The monoisotopic (exact) mass is 427 g/mol. The first-order valence-electron chi connectivity index (χ1n) is 8.43. The normalized spacial score (nSPS) is 11.7. The quantitative estimate of drug-likeness (QED) is 0.594. The summed E-state index contributed by atoms with van der Waals surface area (Å²) in [6.07, 6.45) is 0.276. The van der Waals surface area contributed by atoms with Crippen molar-refractivity contribution < 1.29 is 14.3 Å². The van der Waals surface area contributed by atoms with Gasteiger partial charge in [0.25, 0.3) is 0 Å². The van der Waals surface area contributed by atoms with Crippen LogP contribution in [0.4, 0.5) is 0 Å². The number of hydrogen-bond acceptors (Lipinski definition) is 3. The molecule has 0 heterocycles. The predicted molar refractivity (Wildman–Crippen MR) is 109 cm³/mol. The number of carbonyl (C=O) groups is 2. The van der Waals surface area contributed by atoms with Crippen molar-refractivity contribution in [3.8, 4) is 0 Å². The number of hydrogen-bond donors (Lipinski definition) is 0. The Kier molecular flexibility index (Phi) is 7.96. The van der Waals surface area contributed by atoms with E-state index in [0.717, 1.165) is 5.56 Å². The van der Waals surface area contributed by atoms with E-state index in [-0.39, 0.29) is 25.4 Å². The fraction of sp³-hybridized carbons (Fsp3) is 0.300. The topological polar surface area (TPSA) is 46.6 Å². The highest BCUT2D eigenvalue weighted by Crippen LogP contribution is 2.25. The molecule has 2 rings (SSSR count). The average molecular weight is 429 g/mol. The number of likely N-dealkylation sites (N-methyl/N-ethyl adjacent to an activating group) is 1. The molecule has 0 aliphatic carbocycles. The summed E-state index contributed by atoms with van der Waals surface area (Å²) in [6, 6.07) is 11.4. The van der Waals surface area contributed by atoms with Crippen LogP contribution in [0.15, 0.2) is 42.5 Å². The molecule has 4 nitrogen and oxygen atoms in total. The van der Waals surface area contributed by atoms with E-state index in [1.807, 2.05) is 6.07 Å². The molecule has 27 heavy (non-hydrogen) atoms. The van der Waals surface area contributed by atoms with E-state index < -0.39 is 12.0 Å². The summed E-state index contributed by atoms with van der Waals surface area (Å²) in [5, 5.41) is 1.38. The van der Waals surface area contributed by atoms with E-state index in [4.69, 9.17) is 39.5 Å². The molecule has 0 N–H and O–H groups in total. The molecule has 1 unspecified atom stereocenters. The Balaban J connectivity index is 2.23. The van der Waals surface area contributed by atoms with Crippen LogP contribution in [-0.2, 0) is 27.2 Å². The third-order valence-electron chi connectivity index (χ3n) is 4.13. The molecule has 0 aliphatic rings. The molecule has 7 heteroatoms. The summed E-state index contributed by atoms with van der Waals surface area (Å²) in [5.74, 6) is -0.760. The highest BCUT2D eigenvalue weighted by Gasteiger charge is 2.29. The van der Waals surface area contributed by atoms with E-state index in [1.54, 1.807) is 50.4 Å². The zero-order valence-electron chi connectivity index (χ0n) is 15.0. The van der Waals surface area contributed by atoms with Crippen molar-refractivity contribution in [1.29, 1.82) is 0 Å². The zero-order valence-corrected chi connectivity index (χ0v) is 17.3. The van der Waals surface area contributed by atoms with Gasteiger partial charge in [0, 0.05) is 28.5 Å². The molecule has 144 valence electrons. The van der Waals surface area contributed by atoms with Crippen LogP contribution in [0.25, 0.3) is 0 Å². The second kappa shape index (κ2) is 9.98. The molecule has 0 fully saturated rings. The van der Waals surface area contributed by atoms with Crippen molar-refractivity contribution in [3.05, 3.63) is 68.7 Å². The summed E-state index contributed by atoms with van der Waals surface area (Å²) in [6.45, 7) is 1.95. The number of amides is 1. The Labute approximate surface area is 174 Å². The van der Waals surface area contributed by atoms with Crippen molar-refractivity contribution in [2.75, 3.05) is 13.7 Å². The molecular formula is C20H20Cl3NO3. The first kappa shape index (κ1) is 21.5. The molecule has 0 radical (unpaired) electrons. The van der Waals surface area contributed by atoms with Gasteiger partial charge in [0.2, 0.25) is 5.91 Å². The van der Waals surface area contributed by atoms with Gasteiger partial charge >= 0.3 is 5.97 Å². The van der Waals surface area contributed by atoms with Gasteiger partial charge in [-0.25, -0.2) is 4.79 Å². The minimum atomic E-state index is -0.780. The third kappa shape index (κ3) is 5.86. The van der Waals surface area contributed by atoms with Crippen LogP contribution in [0.5, 0.6) is 0 Å². The van der Waals surface area contributed by atoms with Crippen LogP contribution in [0.3, 0.4) is 0 Å². The molecule has 2 aromatic rings. The van der Waals surface area contributed by atoms with E-state index in [0.29, 0.717) is 20.6 Å². The van der Waals surface area contributed by atoms with Crippen LogP contribution in [-0.4, -0.2) is 36.5 Å². The lowest BCUT2D eigenvalue weighted by atomic mass is 10.0. The Morgan fingerprint density at radius 2 is 1.70 bits per heavy atom. The maximum atomic E-state index is 12.8. The van der Waals surface area contributed by atoms with Gasteiger partial charge in [0.05, 0.1) is 13.0 Å². The van der Waals surface area contributed by atoms with Crippen molar-refractivity contribution in [3.63, 3.8) is 0 Å². The second-order valence-corrected chi connectivity index (χ2v) is 7.23. The number of benzene rings is 2. The molecule has 0 spiro atoms. The van der Waals surface area contributed by atoms with E-state index in [9.17, 15) is 9.59 Å². The number of carbonyl (C=O) groups excluding carboxylic acids is 2. The highest BCUT2D eigenvalue weighted by molar-refractivity contribution is 6.36. The van der Waals surface area contributed by atoms with Crippen molar-refractivity contribution in [2.24, 2.45) is 0 Å². The first-order chi connectivity index (χ1) is 12.8. The third-order valence-corrected chi connectivity index (χ3v) is 5.07. The Bertz CT molecular complexity index is 806. The smallest absolute Gasteiger partial charge is 0.329 e. The van der Waals surface area contributed by atoms with E-state index in [1.165, 1.54) is 4.90 Å². The summed E-state index contributed by atoms with van der Waals surface area (Å²) >= 11 is 18.3. The summed E-state index contributed by atoms with van der Waals surface area (Å²) < 4.78 is 5.16. The fourth-order valence-electron chi connectivity index (χ4n) is 2.65. The van der Waals surface area contributed by atoms with Crippen molar-refractivity contribution >= 4 is 46.7 Å². The maximum absolute atomic E-state index is 12.8. The molecule has 0 aliphatic heterocycles. The standard InChI is InChI=1S/C20H20Cl3NO3/c1-3-27-20(26)18(11-13-6-4-7-14(21)10-13)24(2)19(25)12-15-16(22)8-5-9-17(15)23/h4-10,18H,3,11-12H2,1-2H3. The molecule has 1 atom stereocenters. The van der Waals surface area contributed by atoms with Crippen molar-refractivity contribution in [1.82, 2.24) is 4.90 Å². The Hall–Kier alpha value is -1.75. The molecule has 0 saturated carbocycles. The minimum Gasteiger partial charge on any atom is -0.464 e. The average Bonchev–Trinajstić information content (AvgIpc) is 2.62. The number of ether oxygens (including phenoxy) is 1.